The SMILES string of the molecule is N#Cc1ccc(C(=O)N(Cc2ccccc2)c2cccc(CC(=O)NCc3ccc(F)cc3)c2)cc1. The lowest BCUT2D eigenvalue weighted by atomic mass is 10.1. The molecule has 0 saturated carbocycles. The molecule has 0 aliphatic heterocycles. The summed E-state index contributed by atoms with van der Waals surface area (Å²) in [4.78, 5) is 27.7. The Morgan fingerprint density at radius 1 is 0.806 bits per heavy atom. The van der Waals surface area contributed by atoms with Crippen molar-refractivity contribution in [2.45, 2.75) is 19.5 Å². The molecule has 4 rings (SSSR count). The summed E-state index contributed by atoms with van der Waals surface area (Å²) in [7, 11) is 0. The topological polar surface area (TPSA) is 73.2 Å². The van der Waals surface area contributed by atoms with E-state index in [1.165, 1.54) is 12.1 Å². The number of nitrogens with zero attached hydrogens (tertiary/aromatic N) is 2. The van der Waals surface area contributed by atoms with Crippen LogP contribution in [0.2, 0.25) is 0 Å². The molecule has 0 radical (unpaired) electrons. The second-order valence-corrected chi connectivity index (χ2v) is 8.32. The molecule has 0 unspecified atom stereocenters. The maximum atomic E-state index is 13.5. The minimum Gasteiger partial charge on any atom is -0.352 e. The number of halogens is 1. The molecule has 178 valence electrons. The summed E-state index contributed by atoms with van der Waals surface area (Å²) < 4.78 is 13.1. The van der Waals surface area contributed by atoms with E-state index in [-0.39, 0.29) is 24.1 Å². The van der Waals surface area contributed by atoms with Gasteiger partial charge in [0.2, 0.25) is 5.91 Å². The number of rotatable bonds is 8. The zero-order valence-electron chi connectivity index (χ0n) is 19.5. The van der Waals surface area contributed by atoms with Crippen molar-refractivity contribution >= 4 is 17.5 Å². The van der Waals surface area contributed by atoms with Gasteiger partial charge >= 0.3 is 0 Å². The third-order valence-electron chi connectivity index (χ3n) is 5.68. The Labute approximate surface area is 209 Å². The summed E-state index contributed by atoms with van der Waals surface area (Å²) in [5.41, 5.74) is 4.14. The Morgan fingerprint density at radius 3 is 2.19 bits per heavy atom. The van der Waals surface area contributed by atoms with Crippen molar-refractivity contribution in [3.05, 3.63) is 137 Å². The molecule has 0 fully saturated rings. The third kappa shape index (κ3) is 6.43. The van der Waals surface area contributed by atoms with Gasteiger partial charge in [0.05, 0.1) is 24.6 Å². The molecule has 2 amide bonds. The first-order valence-electron chi connectivity index (χ1n) is 11.5. The number of carbonyl (C=O) groups excluding carboxylic acids is 2. The maximum Gasteiger partial charge on any atom is 0.258 e. The lowest BCUT2D eigenvalue weighted by Crippen LogP contribution is -2.30. The molecule has 0 spiro atoms. The highest BCUT2D eigenvalue weighted by molar-refractivity contribution is 6.06. The van der Waals surface area contributed by atoms with Crippen LogP contribution < -0.4 is 10.2 Å². The molecule has 0 saturated heterocycles. The number of benzene rings is 4. The van der Waals surface area contributed by atoms with Gasteiger partial charge in [-0.15, -0.1) is 0 Å². The van der Waals surface area contributed by atoms with Crippen molar-refractivity contribution in [2.24, 2.45) is 0 Å². The number of anilines is 1. The van der Waals surface area contributed by atoms with E-state index in [1.54, 1.807) is 41.3 Å². The van der Waals surface area contributed by atoms with Crippen LogP contribution in [0, 0.1) is 17.1 Å². The Kier molecular flexibility index (Phi) is 7.84. The predicted octanol–water partition coefficient (Wildman–Crippen LogP) is 5.40. The first-order chi connectivity index (χ1) is 17.5. The largest absolute Gasteiger partial charge is 0.352 e. The van der Waals surface area contributed by atoms with E-state index in [0.717, 1.165) is 16.7 Å². The van der Waals surface area contributed by atoms with Crippen molar-refractivity contribution in [3.8, 4) is 6.07 Å². The molecule has 6 heteroatoms. The van der Waals surface area contributed by atoms with Crippen LogP contribution in [0.5, 0.6) is 0 Å². The highest BCUT2D eigenvalue weighted by Gasteiger charge is 2.19. The lowest BCUT2D eigenvalue weighted by molar-refractivity contribution is -0.120. The number of amides is 2. The molecule has 0 aliphatic rings. The van der Waals surface area contributed by atoms with Gasteiger partial charge < -0.3 is 10.2 Å². The van der Waals surface area contributed by atoms with Crippen molar-refractivity contribution in [2.75, 3.05) is 4.90 Å². The third-order valence-corrected chi connectivity index (χ3v) is 5.68. The minimum absolute atomic E-state index is 0.138. The molecule has 4 aromatic carbocycles. The van der Waals surface area contributed by atoms with Crippen LogP contribution in [-0.2, 0) is 24.3 Å². The predicted molar refractivity (Wildman–Crippen MR) is 137 cm³/mol. The Bertz CT molecular complexity index is 1380. The molecule has 36 heavy (non-hydrogen) atoms. The Morgan fingerprint density at radius 2 is 1.50 bits per heavy atom. The van der Waals surface area contributed by atoms with E-state index < -0.39 is 0 Å². The van der Waals surface area contributed by atoms with Crippen LogP contribution >= 0.6 is 0 Å². The average molecular weight is 478 g/mol. The zero-order chi connectivity index (χ0) is 25.3. The van der Waals surface area contributed by atoms with E-state index in [0.29, 0.717) is 29.9 Å². The summed E-state index contributed by atoms with van der Waals surface area (Å²) in [5.74, 6) is -0.705. The van der Waals surface area contributed by atoms with Crippen molar-refractivity contribution in [1.82, 2.24) is 5.32 Å². The highest BCUT2D eigenvalue weighted by atomic mass is 19.1. The molecular formula is C30H24FN3O2. The van der Waals surface area contributed by atoms with Gasteiger partial charge in [0.15, 0.2) is 0 Å². The van der Waals surface area contributed by atoms with Gasteiger partial charge in [0, 0.05) is 17.8 Å². The van der Waals surface area contributed by atoms with Crippen LogP contribution in [0.25, 0.3) is 0 Å². The number of nitriles is 1. The average Bonchev–Trinajstić information content (AvgIpc) is 2.92. The first kappa shape index (κ1) is 24.4. The molecule has 0 atom stereocenters. The fourth-order valence-corrected chi connectivity index (χ4v) is 3.77. The van der Waals surface area contributed by atoms with Gasteiger partial charge in [-0.05, 0) is 65.2 Å². The van der Waals surface area contributed by atoms with Gasteiger partial charge in [0.25, 0.3) is 5.91 Å². The molecule has 0 bridgehead atoms. The van der Waals surface area contributed by atoms with Crippen molar-refractivity contribution in [1.29, 1.82) is 5.26 Å². The summed E-state index contributed by atoms with van der Waals surface area (Å²) >= 11 is 0. The van der Waals surface area contributed by atoms with E-state index in [2.05, 4.69) is 11.4 Å². The van der Waals surface area contributed by atoms with E-state index in [4.69, 9.17) is 5.26 Å². The first-order valence-corrected chi connectivity index (χ1v) is 11.5. The second kappa shape index (κ2) is 11.6. The summed E-state index contributed by atoms with van der Waals surface area (Å²) in [6.45, 7) is 0.649. The number of nitrogens with one attached hydrogen (secondary N) is 1. The normalized spacial score (nSPS) is 10.3. The van der Waals surface area contributed by atoms with Crippen molar-refractivity contribution in [3.63, 3.8) is 0 Å². The van der Waals surface area contributed by atoms with Crippen molar-refractivity contribution < 1.29 is 14.0 Å². The summed E-state index contributed by atoms with van der Waals surface area (Å²) in [6, 6.07) is 31.6. The van der Waals surface area contributed by atoms with E-state index in [1.807, 2.05) is 54.6 Å². The van der Waals surface area contributed by atoms with Gasteiger partial charge in [-0.25, -0.2) is 4.39 Å². The molecule has 0 aromatic heterocycles. The summed E-state index contributed by atoms with van der Waals surface area (Å²) in [5, 5.41) is 11.9. The molecule has 1 N–H and O–H groups in total. The molecule has 5 nitrogen and oxygen atoms in total. The van der Waals surface area contributed by atoms with Crippen LogP contribution in [0.3, 0.4) is 0 Å². The number of carbonyl (C=O) groups is 2. The fraction of sp³-hybridized carbons (Fsp3) is 0.100. The van der Waals surface area contributed by atoms with E-state index >= 15 is 0 Å². The maximum absolute atomic E-state index is 13.5. The van der Waals surface area contributed by atoms with Crippen LogP contribution in [0.1, 0.15) is 32.6 Å². The monoisotopic (exact) mass is 477 g/mol. The van der Waals surface area contributed by atoms with Crippen LogP contribution in [-0.4, -0.2) is 11.8 Å². The molecule has 4 aromatic rings. The van der Waals surface area contributed by atoms with E-state index in [9.17, 15) is 14.0 Å². The highest BCUT2D eigenvalue weighted by Crippen LogP contribution is 2.22. The standard InChI is InChI=1S/C30H24FN3O2/c31-27-15-11-23(12-16-27)20-33-29(35)18-25-7-4-8-28(17-25)34(21-24-5-2-1-3-6-24)30(36)26-13-9-22(19-32)10-14-26/h1-17H,18,20-21H2,(H,33,35). The van der Waals surface area contributed by atoms with Gasteiger partial charge in [-0.3, -0.25) is 9.59 Å². The molecule has 0 aliphatic carbocycles. The second-order valence-electron chi connectivity index (χ2n) is 8.32. The fourth-order valence-electron chi connectivity index (χ4n) is 3.77. The lowest BCUT2D eigenvalue weighted by Gasteiger charge is -2.24. The Balaban J connectivity index is 1.53. The summed E-state index contributed by atoms with van der Waals surface area (Å²) in [6.07, 6.45) is 0.138. The quantitative estimate of drug-likeness (QED) is 0.369. The van der Waals surface area contributed by atoms with Gasteiger partial charge in [-0.2, -0.15) is 5.26 Å². The van der Waals surface area contributed by atoms with Gasteiger partial charge in [-0.1, -0.05) is 54.6 Å². The number of hydrogen-bond acceptors (Lipinski definition) is 3. The minimum atomic E-state index is -0.322. The van der Waals surface area contributed by atoms with Crippen LogP contribution in [0.15, 0.2) is 103 Å². The zero-order valence-corrected chi connectivity index (χ0v) is 19.5. The van der Waals surface area contributed by atoms with Gasteiger partial charge in [0.1, 0.15) is 5.82 Å². The molecule has 0 heterocycles. The molecular weight excluding hydrogens is 453 g/mol. The smallest absolute Gasteiger partial charge is 0.258 e. The Hall–Kier alpha value is -4.76. The number of hydrogen-bond donors (Lipinski definition) is 1. The van der Waals surface area contributed by atoms with Crippen LogP contribution in [0.4, 0.5) is 10.1 Å².